The second-order valence-corrected chi connectivity index (χ2v) is 4.33. The highest BCUT2D eigenvalue weighted by Gasteiger charge is 2.11. The van der Waals surface area contributed by atoms with Gasteiger partial charge in [-0.25, -0.2) is 9.18 Å². The standard InChI is InChI=1S/C16H14FNO4/c1-21-15(19)10-22-12-6-4-5-11(9-12)18-16(20)13-7-2-3-8-14(13)17/h2-9H,10H2,1H3,(H,18,20). The Labute approximate surface area is 126 Å². The van der Waals surface area contributed by atoms with Crippen LogP contribution in [-0.2, 0) is 9.53 Å². The molecule has 0 radical (unpaired) electrons. The average molecular weight is 303 g/mol. The molecular formula is C16H14FNO4. The Bertz CT molecular complexity index is 687. The molecule has 0 spiro atoms. The van der Waals surface area contributed by atoms with Crippen molar-refractivity contribution in [2.45, 2.75) is 0 Å². The lowest BCUT2D eigenvalue weighted by Crippen LogP contribution is -2.14. The summed E-state index contributed by atoms with van der Waals surface area (Å²) in [5.41, 5.74) is 0.374. The second-order valence-electron chi connectivity index (χ2n) is 4.33. The highest BCUT2D eigenvalue weighted by Crippen LogP contribution is 2.18. The molecule has 6 heteroatoms. The maximum atomic E-state index is 13.5. The lowest BCUT2D eigenvalue weighted by molar-refractivity contribution is -0.142. The molecule has 0 unspecified atom stereocenters. The van der Waals surface area contributed by atoms with Crippen molar-refractivity contribution in [3.63, 3.8) is 0 Å². The zero-order valence-corrected chi connectivity index (χ0v) is 11.8. The molecule has 0 aliphatic carbocycles. The fourth-order valence-electron chi connectivity index (χ4n) is 1.71. The summed E-state index contributed by atoms with van der Waals surface area (Å²) in [6, 6.07) is 12.1. The molecule has 0 atom stereocenters. The molecule has 0 saturated heterocycles. The van der Waals surface area contributed by atoms with Gasteiger partial charge in [0.25, 0.3) is 5.91 Å². The monoisotopic (exact) mass is 303 g/mol. The van der Waals surface area contributed by atoms with Crippen LogP contribution < -0.4 is 10.1 Å². The number of halogens is 1. The number of benzene rings is 2. The van der Waals surface area contributed by atoms with Gasteiger partial charge in [0.1, 0.15) is 11.6 Å². The number of methoxy groups -OCH3 is 1. The summed E-state index contributed by atoms with van der Waals surface area (Å²) in [7, 11) is 1.26. The van der Waals surface area contributed by atoms with E-state index in [-0.39, 0.29) is 12.2 Å². The molecule has 1 amide bonds. The van der Waals surface area contributed by atoms with Crippen molar-refractivity contribution in [3.8, 4) is 5.75 Å². The van der Waals surface area contributed by atoms with Crippen LogP contribution in [0.1, 0.15) is 10.4 Å². The van der Waals surface area contributed by atoms with Gasteiger partial charge < -0.3 is 14.8 Å². The fraction of sp³-hybridized carbons (Fsp3) is 0.125. The summed E-state index contributed by atoms with van der Waals surface area (Å²) in [6.45, 7) is -0.235. The number of rotatable bonds is 5. The van der Waals surface area contributed by atoms with Crippen molar-refractivity contribution in [3.05, 3.63) is 59.9 Å². The minimum absolute atomic E-state index is 0.0524. The SMILES string of the molecule is COC(=O)COc1cccc(NC(=O)c2ccccc2F)c1. The minimum atomic E-state index is -0.599. The molecule has 1 N–H and O–H groups in total. The number of hydrogen-bond acceptors (Lipinski definition) is 4. The first-order valence-corrected chi connectivity index (χ1v) is 6.45. The number of esters is 1. The number of carbonyl (C=O) groups is 2. The van der Waals surface area contributed by atoms with Crippen LogP contribution in [0.25, 0.3) is 0 Å². The molecule has 2 aromatic carbocycles. The summed E-state index contributed by atoms with van der Waals surface area (Å²) in [4.78, 5) is 23.0. The zero-order chi connectivity index (χ0) is 15.9. The molecular weight excluding hydrogens is 289 g/mol. The van der Waals surface area contributed by atoms with Gasteiger partial charge in [-0.3, -0.25) is 4.79 Å². The number of ether oxygens (including phenoxy) is 2. The van der Waals surface area contributed by atoms with Gasteiger partial charge in [-0.1, -0.05) is 18.2 Å². The lowest BCUT2D eigenvalue weighted by atomic mass is 10.2. The van der Waals surface area contributed by atoms with E-state index in [4.69, 9.17) is 4.74 Å². The third kappa shape index (κ3) is 4.05. The first kappa shape index (κ1) is 15.5. The molecule has 114 valence electrons. The van der Waals surface area contributed by atoms with Crippen molar-refractivity contribution >= 4 is 17.6 Å². The number of hydrogen-bond donors (Lipinski definition) is 1. The molecule has 5 nitrogen and oxygen atoms in total. The van der Waals surface area contributed by atoms with E-state index in [0.717, 1.165) is 0 Å². The molecule has 0 fully saturated rings. The van der Waals surface area contributed by atoms with Crippen LogP contribution in [0.4, 0.5) is 10.1 Å². The van der Waals surface area contributed by atoms with Gasteiger partial charge in [-0.05, 0) is 24.3 Å². The number of anilines is 1. The molecule has 0 bridgehead atoms. The Balaban J connectivity index is 2.05. The number of nitrogens with one attached hydrogen (secondary N) is 1. The van der Waals surface area contributed by atoms with Gasteiger partial charge in [0.05, 0.1) is 12.7 Å². The Morgan fingerprint density at radius 3 is 2.64 bits per heavy atom. The molecule has 0 aliphatic heterocycles. The van der Waals surface area contributed by atoms with Crippen molar-refractivity contribution in [2.24, 2.45) is 0 Å². The quantitative estimate of drug-likeness (QED) is 0.862. The van der Waals surface area contributed by atoms with E-state index in [1.54, 1.807) is 24.3 Å². The van der Waals surface area contributed by atoms with E-state index in [2.05, 4.69) is 10.1 Å². The highest BCUT2D eigenvalue weighted by atomic mass is 19.1. The predicted octanol–water partition coefficient (Wildman–Crippen LogP) is 2.63. The van der Waals surface area contributed by atoms with E-state index in [1.165, 1.54) is 31.4 Å². The molecule has 0 saturated carbocycles. The van der Waals surface area contributed by atoms with E-state index < -0.39 is 17.7 Å². The van der Waals surface area contributed by atoms with Crippen molar-refractivity contribution < 1.29 is 23.5 Å². The maximum absolute atomic E-state index is 13.5. The molecule has 2 aromatic rings. The van der Waals surface area contributed by atoms with Crippen LogP contribution in [0.15, 0.2) is 48.5 Å². The number of amides is 1. The van der Waals surface area contributed by atoms with E-state index in [0.29, 0.717) is 11.4 Å². The molecule has 0 heterocycles. The largest absolute Gasteiger partial charge is 0.482 e. The summed E-state index contributed by atoms with van der Waals surface area (Å²) in [5, 5.41) is 2.57. The fourth-order valence-corrected chi connectivity index (χ4v) is 1.71. The summed E-state index contributed by atoms with van der Waals surface area (Å²) in [5.74, 6) is -1.29. The normalized spacial score (nSPS) is 9.91. The Kier molecular flexibility index (Phi) is 5.08. The molecule has 22 heavy (non-hydrogen) atoms. The van der Waals surface area contributed by atoms with Gasteiger partial charge in [-0.2, -0.15) is 0 Å². The van der Waals surface area contributed by atoms with Crippen molar-refractivity contribution in [2.75, 3.05) is 19.0 Å². The summed E-state index contributed by atoms with van der Waals surface area (Å²) in [6.07, 6.45) is 0. The second kappa shape index (κ2) is 7.21. The molecule has 0 aromatic heterocycles. The predicted molar refractivity (Wildman–Crippen MR) is 78.3 cm³/mol. The lowest BCUT2D eigenvalue weighted by Gasteiger charge is -2.09. The van der Waals surface area contributed by atoms with Gasteiger partial charge in [-0.15, -0.1) is 0 Å². The van der Waals surface area contributed by atoms with Gasteiger partial charge in [0.15, 0.2) is 6.61 Å². The van der Waals surface area contributed by atoms with Crippen LogP contribution in [0, 0.1) is 5.82 Å². The van der Waals surface area contributed by atoms with Crippen molar-refractivity contribution in [1.82, 2.24) is 0 Å². The van der Waals surface area contributed by atoms with E-state index >= 15 is 0 Å². The van der Waals surface area contributed by atoms with Gasteiger partial charge in [0.2, 0.25) is 0 Å². The van der Waals surface area contributed by atoms with E-state index in [9.17, 15) is 14.0 Å². The smallest absolute Gasteiger partial charge is 0.343 e. The Hall–Kier alpha value is -2.89. The summed E-state index contributed by atoms with van der Waals surface area (Å²) < 4.78 is 23.2. The first-order chi connectivity index (χ1) is 10.6. The van der Waals surface area contributed by atoms with Crippen LogP contribution in [0.5, 0.6) is 5.75 Å². The molecule has 2 rings (SSSR count). The van der Waals surface area contributed by atoms with Crippen LogP contribution in [0.3, 0.4) is 0 Å². The number of carbonyl (C=O) groups excluding carboxylic acids is 2. The Morgan fingerprint density at radius 2 is 1.91 bits per heavy atom. The van der Waals surface area contributed by atoms with Crippen LogP contribution in [0.2, 0.25) is 0 Å². The van der Waals surface area contributed by atoms with Crippen LogP contribution >= 0.6 is 0 Å². The minimum Gasteiger partial charge on any atom is -0.482 e. The summed E-state index contributed by atoms with van der Waals surface area (Å²) >= 11 is 0. The van der Waals surface area contributed by atoms with Crippen LogP contribution in [-0.4, -0.2) is 25.6 Å². The third-order valence-corrected chi connectivity index (χ3v) is 2.79. The molecule has 0 aliphatic rings. The van der Waals surface area contributed by atoms with Gasteiger partial charge in [0, 0.05) is 11.8 Å². The first-order valence-electron chi connectivity index (χ1n) is 6.45. The average Bonchev–Trinajstić information content (AvgIpc) is 2.53. The maximum Gasteiger partial charge on any atom is 0.343 e. The highest BCUT2D eigenvalue weighted by molar-refractivity contribution is 6.04. The topological polar surface area (TPSA) is 64.6 Å². The van der Waals surface area contributed by atoms with E-state index in [1.807, 2.05) is 0 Å². The van der Waals surface area contributed by atoms with Crippen molar-refractivity contribution in [1.29, 1.82) is 0 Å². The third-order valence-electron chi connectivity index (χ3n) is 2.79. The zero-order valence-electron chi connectivity index (χ0n) is 11.8. The Morgan fingerprint density at radius 1 is 1.14 bits per heavy atom. The van der Waals surface area contributed by atoms with Gasteiger partial charge >= 0.3 is 5.97 Å².